The number of ether oxygens (including phenoxy) is 1. The molecule has 1 aromatic carbocycles. The van der Waals surface area contributed by atoms with E-state index < -0.39 is 5.41 Å². The Morgan fingerprint density at radius 1 is 1.21 bits per heavy atom. The number of amides is 1. The van der Waals surface area contributed by atoms with Crippen molar-refractivity contribution in [1.82, 2.24) is 25.1 Å². The molecule has 1 amide bonds. The smallest absolute Gasteiger partial charge is 0.230 e. The molecule has 182 valence electrons. The zero-order valence-electron chi connectivity index (χ0n) is 19.6. The summed E-state index contributed by atoms with van der Waals surface area (Å²) in [4.78, 5) is 22.6. The fourth-order valence-corrected chi connectivity index (χ4v) is 5.04. The maximum absolute atomic E-state index is 13.3. The average Bonchev–Trinajstić information content (AvgIpc) is 3.51. The number of anilines is 1. The Hall–Kier alpha value is -2.36. The Morgan fingerprint density at radius 3 is 2.68 bits per heavy atom. The van der Waals surface area contributed by atoms with Crippen molar-refractivity contribution in [2.24, 2.45) is 0 Å². The van der Waals surface area contributed by atoms with Crippen molar-refractivity contribution in [2.75, 3.05) is 37.9 Å². The lowest BCUT2D eigenvalue weighted by molar-refractivity contribution is -0.126. The molecule has 2 heterocycles. The molecule has 0 radical (unpaired) electrons. The van der Waals surface area contributed by atoms with Gasteiger partial charge in [-0.25, -0.2) is 14.6 Å². The second-order valence-electron chi connectivity index (χ2n) is 8.34. The topological polar surface area (TPSA) is 94.0 Å². The normalized spacial score (nSPS) is 15.0. The molecule has 0 aliphatic heterocycles. The molecule has 0 atom stereocenters. The van der Waals surface area contributed by atoms with Crippen molar-refractivity contribution < 1.29 is 9.53 Å². The van der Waals surface area contributed by atoms with Gasteiger partial charge < -0.3 is 15.4 Å². The molecule has 1 fully saturated rings. The van der Waals surface area contributed by atoms with Crippen LogP contribution in [0.15, 0.2) is 35.6 Å². The van der Waals surface area contributed by atoms with Gasteiger partial charge in [-0.1, -0.05) is 48.3 Å². The van der Waals surface area contributed by atoms with Gasteiger partial charge in [0.15, 0.2) is 10.8 Å². The van der Waals surface area contributed by atoms with Gasteiger partial charge in [-0.2, -0.15) is 5.10 Å². The lowest BCUT2D eigenvalue weighted by Gasteiger charge is -2.28. The van der Waals surface area contributed by atoms with E-state index in [1.165, 1.54) is 11.8 Å². The molecule has 1 saturated carbocycles. The first-order chi connectivity index (χ1) is 16.6. The lowest BCUT2D eigenvalue weighted by Crippen LogP contribution is -2.43. The molecule has 0 spiro atoms. The van der Waals surface area contributed by atoms with Gasteiger partial charge >= 0.3 is 0 Å². The number of aromatic nitrogens is 4. The highest BCUT2D eigenvalue weighted by molar-refractivity contribution is 7.98. The minimum atomic E-state index is -0.484. The first kappa shape index (κ1) is 24.8. The van der Waals surface area contributed by atoms with E-state index in [9.17, 15) is 4.79 Å². The molecule has 3 aromatic rings. The van der Waals surface area contributed by atoms with E-state index in [1.807, 2.05) is 42.1 Å². The van der Waals surface area contributed by atoms with Crippen LogP contribution >= 0.6 is 23.4 Å². The predicted molar refractivity (Wildman–Crippen MR) is 137 cm³/mol. The van der Waals surface area contributed by atoms with E-state index in [2.05, 4.69) is 25.7 Å². The number of carbonyl (C=O) groups excluding carboxylic acids is 1. The summed E-state index contributed by atoms with van der Waals surface area (Å²) in [6.45, 7) is 4.90. The monoisotopic (exact) mass is 502 g/mol. The maximum atomic E-state index is 13.3. The summed E-state index contributed by atoms with van der Waals surface area (Å²) in [6.07, 6.45) is 7.53. The minimum absolute atomic E-state index is 0.0708. The van der Waals surface area contributed by atoms with Gasteiger partial charge in [0.05, 0.1) is 30.1 Å². The van der Waals surface area contributed by atoms with E-state index in [1.54, 1.807) is 6.20 Å². The third-order valence-electron chi connectivity index (χ3n) is 6.30. The van der Waals surface area contributed by atoms with Gasteiger partial charge in [-0.3, -0.25) is 4.79 Å². The zero-order valence-corrected chi connectivity index (χ0v) is 21.2. The number of benzene rings is 1. The number of carbonyl (C=O) groups is 1. The van der Waals surface area contributed by atoms with Gasteiger partial charge in [0.1, 0.15) is 5.82 Å². The number of hydrogen-bond donors (Lipinski definition) is 2. The van der Waals surface area contributed by atoms with Crippen molar-refractivity contribution in [3.8, 4) is 0 Å². The molecule has 0 unspecified atom stereocenters. The van der Waals surface area contributed by atoms with Gasteiger partial charge in [-0.15, -0.1) is 0 Å². The van der Waals surface area contributed by atoms with Gasteiger partial charge in [0, 0.05) is 24.7 Å². The fraction of sp³-hybridized carbons (Fsp3) is 0.500. The van der Waals surface area contributed by atoms with Gasteiger partial charge in [0.25, 0.3) is 0 Å². The molecule has 1 aliphatic rings. The van der Waals surface area contributed by atoms with Crippen molar-refractivity contribution in [1.29, 1.82) is 0 Å². The van der Waals surface area contributed by atoms with Crippen LogP contribution in [0.5, 0.6) is 0 Å². The summed E-state index contributed by atoms with van der Waals surface area (Å²) in [5.41, 5.74) is 1.31. The van der Waals surface area contributed by atoms with Crippen molar-refractivity contribution in [3.05, 3.63) is 41.0 Å². The Kier molecular flexibility index (Phi) is 8.28. The van der Waals surface area contributed by atoms with E-state index in [0.717, 1.165) is 48.1 Å². The van der Waals surface area contributed by atoms with Crippen LogP contribution < -0.4 is 10.6 Å². The summed E-state index contributed by atoms with van der Waals surface area (Å²) >= 11 is 7.56. The molecule has 2 aromatic heterocycles. The van der Waals surface area contributed by atoms with Crippen molar-refractivity contribution >= 4 is 46.1 Å². The molecular weight excluding hydrogens is 472 g/mol. The second-order valence-corrected chi connectivity index (χ2v) is 9.55. The highest BCUT2D eigenvalue weighted by Gasteiger charge is 2.42. The number of nitrogens with zero attached hydrogens (tertiary/aromatic N) is 4. The van der Waals surface area contributed by atoms with Gasteiger partial charge in [-0.05, 0) is 43.7 Å². The molecule has 10 heteroatoms. The number of hydrogen-bond acceptors (Lipinski definition) is 7. The standard InChI is InChI=1S/C24H31ClN6O2S/c1-3-33-15-13-26-20-19-16-28-31(21(19)30-23(29-20)34-2)14-12-27-22(32)24(10-4-5-11-24)17-6-8-18(25)9-7-17/h6-9,16H,3-5,10-15H2,1-2H3,(H,27,32)(H,26,29,30). The second kappa shape index (κ2) is 11.4. The predicted octanol–water partition coefficient (Wildman–Crippen LogP) is 4.28. The Labute approximate surface area is 209 Å². The first-order valence-electron chi connectivity index (χ1n) is 11.7. The van der Waals surface area contributed by atoms with E-state index in [4.69, 9.17) is 16.3 Å². The number of halogens is 1. The van der Waals surface area contributed by atoms with Crippen LogP contribution in [0.2, 0.25) is 5.02 Å². The third-order valence-corrected chi connectivity index (χ3v) is 7.10. The van der Waals surface area contributed by atoms with Crippen LogP contribution in [0.3, 0.4) is 0 Å². The molecule has 34 heavy (non-hydrogen) atoms. The van der Waals surface area contributed by atoms with Gasteiger partial charge in [0.2, 0.25) is 5.91 Å². The molecule has 4 rings (SSSR count). The first-order valence-corrected chi connectivity index (χ1v) is 13.3. The Balaban J connectivity index is 1.45. The highest BCUT2D eigenvalue weighted by atomic mass is 35.5. The summed E-state index contributed by atoms with van der Waals surface area (Å²) in [5.74, 6) is 0.818. The van der Waals surface area contributed by atoms with E-state index in [0.29, 0.717) is 43.0 Å². The van der Waals surface area contributed by atoms with E-state index >= 15 is 0 Å². The van der Waals surface area contributed by atoms with Crippen LogP contribution in [-0.4, -0.2) is 58.2 Å². The third kappa shape index (κ3) is 5.31. The molecular formula is C24H31ClN6O2S. The maximum Gasteiger partial charge on any atom is 0.230 e. The molecule has 1 aliphatic carbocycles. The number of fused-ring (bicyclic) bond motifs is 1. The molecule has 8 nitrogen and oxygen atoms in total. The van der Waals surface area contributed by atoms with Crippen LogP contribution in [0.25, 0.3) is 11.0 Å². The molecule has 0 bridgehead atoms. The quantitative estimate of drug-likeness (QED) is 0.229. The van der Waals surface area contributed by atoms with Crippen molar-refractivity contribution in [2.45, 2.75) is 49.7 Å². The van der Waals surface area contributed by atoms with E-state index in [-0.39, 0.29) is 5.91 Å². The van der Waals surface area contributed by atoms with Crippen LogP contribution in [-0.2, 0) is 21.5 Å². The fourth-order valence-electron chi connectivity index (χ4n) is 4.55. The average molecular weight is 503 g/mol. The lowest BCUT2D eigenvalue weighted by atomic mass is 9.78. The number of thioether (sulfide) groups is 1. The molecule has 2 N–H and O–H groups in total. The van der Waals surface area contributed by atoms with Crippen LogP contribution in [0, 0.1) is 0 Å². The van der Waals surface area contributed by atoms with Crippen LogP contribution in [0.1, 0.15) is 38.2 Å². The van der Waals surface area contributed by atoms with Crippen molar-refractivity contribution in [3.63, 3.8) is 0 Å². The minimum Gasteiger partial charge on any atom is -0.380 e. The van der Waals surface area contributed by atoms with Crippen LogP contribution in [0.4, 0.5) is 5.82 Å². The summed E-state index contributed by atoms with van der Waals surface area (Å²) in [5, 5.41) is 13.2. The zero-order chi connectivity index (χ0) is 24.0. The Morgan fingerprint density at radius 2 is 1.97 bits per heavy atom. The highest BCUT2D eigenvalue weighted by Crippen LogP contribution is 2.41. The summed E-state index contributed by atoms with van der Waals surface area (Å²) in [7, 11) is 0. The summed E-state index contributed by atoms with van der Waals surface area (Å²) in [6, 6.07) is 7.69. The number of nitrogens with one attached hydrogen (secondary N) is 2. The summed E-state index contributed by atoms with van der Waals surface area (Å²) < 4.78 is 7.24. The number of rotatable bonds is 11. The SMILES string of the molecule is CCOCCNc1nc(SC)nc2c1cnn2CCNC(=O)C1(c2ccc(Cl)cc2)CCCC1. The molecule has 0 saturated heterocycles. The largest absolute Gasteiger partial charge is 0.380 e. The Bertz CT molecular complexity index is 1110.